The molecule has 3 aliphatic rings. The van der Waals surface area contributed by atoms with Crippen molar-refractivity contribution in [1.29, 1.82) is 0 Å². The summed E-state index contributed by atoms with van der Waals surface area (Å²) in [5, 5.41) is 3.08. The summed E-state index contributed by atoms with van der Waals surface area (Å²) < 4.78 is 6.85. The van der Waals surface area contributed by atoms with E-state index in [1.54, 1.807) is 49.6 Å². The highest BCUT2D eigenvalue weighted by Gasteiger charge is 2.70. The third-order valence-electron chi connectivity index (χ3n) is 8.69. The summed E-state index contributed by atoms with van der Waals surface area (Å²) >= 11 is 6.97. The molecule has 1 saturated heterocycles. The predicted molar refractivity (Wildman–Crippen MR) is 168 cm³/mol. The van der Waals surface area contributed by atoms with Gasteiger partial charge in [-0.25, -0.2) is 0 Å². The van der Waals surface area contributed by atoms with Gasteiger partial charge in [0.1, 0.15) is 17.2 Å². The average molecular weight is 684 g/mol. The van der Waals surface area contributed by atoms with Crippen LogP contribution >= 0.6 is 31.9 Å². The Labute approximate surface area is 259 Å². The highest BCUT2D eigenvalue weighted by atomic mass is 79.9. The van der Waals surface area contributed by atoms with Crippen molar-refractivity contribution in [3.05, 3.63) is 134 Å². The lowest BCUT2D eigenvalue weighted by Gasteiger charge is -2.38. The third-order valence-corrected chi connectivity index (χ3v) is 9.83. The Morgan fingerprint density at radius 1 is 0.881 bits per heavy atom. The van der Waals surface area contributed by atoms with Crippen LogP contribution in [0, 0.1) is 5.92 Å². The van der Waals surface area contributed by atoms with Crippen LogP contribution in [0.15, 0.2) is 106 Å². The molecule has 3 heterocycles. The number of anilines is 1. The fourth-order valence-corrected chi connectivity index (χ4v) is 7.76. The van der Waals surface area contributed by atoms with Gasteiger partial charge in [0.15, 0.2) is 11.6 Å². The van der Waals surface area contributed by atoms with E-state index in [-0.39, 0.29) is 17.5 Å². The van der Waals surface area contributed by atoms with Gasteiger partial charge in [-0.05, 0) is 75.1 Å². The summed E-state index contributed by atoms with van der Waals surface area (Å²) in [5.41, 5.74) is 2.70. The molecule has 1 fully saturated rings. The van der Waals surface area contributed by atoms with Crippen molar-refractivity contribution in [2.45, 2.75) is 17.5 Å². The highest BCUT2D eigenvalue weighted by Crippen LogP contribution is 2.62. The number of benzene rings is 4. The lowest BCUT2D eigenvalue weighted by Crippen LogP contribution is -2.49. The van der Waals surface area contributed by atoms with Crippen LogP contribution in [0.1, 0.15) is 43.4 Å². The van der Waals surface area contributed by atoms with Gasteiger partial charge in [-0.3, -0.25) is 14.4 Å². The summed E-state index contributed by atoms with van der Waals surface area (Å²) in [6.45, 7) is 0. The summed E-state index contributed by atoms with van der Waals surface area (Å²) in [6, 6.07) is 26.1. The van der Waals surface area contributed by atoms with E-state index >= 15 is 0 Å². The number of carbonyl (C=O) groups is 3. The van der Waals surface area contributed by atoms with Gasteiger partial charge in [-0.1, -0.05) is 70.5 Å². The Morgan fingerprint density at radius 2 is 1.60 bits per heavy atom. The van der Waals surface area contributed by atoms with E-state index in [2.05, 4.69) is 37.2 Å². The average Bonchev–Trinajstić information content (AvgIpc) is 3.49. The van der Waals surface area contributed by atoms with Gasteiger partial charge in [0, 0.05) is 27.5 Å². The lowest BCUT2D eigenvalue weighted by molar-refractivity contribution is -0.122. The quantitative estimate of drug-likeness (QED) is 0.225. The van der Waals surface area contributed by atoms with Crippen molar-refractivity contribution >= 4 is 61.1 Å². The topological polar surface area (TPSA) is 75.7 Å². The fraction of sp³-hybridized carbons (Fsp3) is 0.147. The fourth-order valence-electron chi connectivity index (χ4n) is 6.95. The van der Waals surface area contributed by atoms with E-state index in [9.17, 15) is 14.4 Å². The molecule has 42 heavy (non-hydrogen) atoms. The largest absolute Gasteiger partial charge is 0.496 e. The Morgan fingerprint density at radius 3 is 2.36 bits per heavy atom. The first-order valence-corrected chi connectivity index (χ1v) is 15.1. The number of nitrogens with one attached hydrogen (secondary N) is 1. The summed E-state index contributed by atoms with van der Waals surface area (Å²) in [5.74, 6) is -1.25. The number of methoxy groups -OCH3 is 1. The molecule has 4 aromatic rings. The zero-order chi connectivity index (χ0) is 29.2. The lowest BCUT2D eigenvalue weighted by atomic mass is 9.62. The van der Waals surface area contributed by atoms with Crippen LogP contribution in [0.4, 0.5) is 5.69 Å². The molecule has 0 unspecified atom stereocenters. The first-order valence-electron chi connectivity index (χ1n) is 13.5. The second-order valence-electron chi connectivity index (χ2n) is 10.7. The number of hydrogen-bond donors (Lipinski definition) is 1. The third kappa shape index (κ3) is 3.78. The Hall–Kier alpha value is -4.01. The van der Waals surface area contributed by atoms with E-state index in [1.165, 1.54) is 0 Å². The van der Waals surface area contributed by atoms with Crippen LogP contribution in [0.2, 0.25) is 0 Å². The van der Waals surface area contributed by atoms with Crippen molar-refractivity contribution < 1.29 is 19.1 Å². The molecule has 0 aromatic heterocycles. The molecule has 1 spiro atoms. The summed E-state index contributed by atoms with van der Waals surface area (Å²) in [7, 11) is 1.56. The molecular formula is C34H24Br2N2O4. The number of para-hydroxylation sites is 1. The summed E-state index contributed by atoms with van der Waals surface area (Å²) in [4.78, 5) is 46.0. The van der Waals surface area contributed by atoms with E-state index in [0.29, 0.717) is 27.0 Å². The SMILES string of the molecule is COc1ccc(C(=O)[C@@H]2[C@H](C(=O)c3ccc(Br)cc3)[C@]3(C(=O)Nc4ccccc43)[C@H]3c4ccccc4C=CN23)cc1Br. The molecule has 4 atom stereocenters. The maximum Gasteiger partial charge on any atom is 0.238 e. The minimum Gasteiger partial charge on any atom is -0.496 e. The zero-order valence-corrected chi connectivity index (χ0v) is 25.6. The van der Waals surface area contributed by atoms with Crippen molar-refractivity contribution in [2.24, 2.45) is 5.92 Å². The van der Waals surface area contributed by atoms with Gasteiger partial charge in [0.25, 0.3) is 0 Å². The van der Waals surface area contributed by atoms with E-state index in [0.717, 1.165) is 21.2 Å². The smallest absolute Gasteiger partial charge is 0.238 e. The number of carbonyl (C=O) groups excluding carboxylic acids is 3. The van der Waals surface area contributed by atoms with Crippen LogP contribution in [-0.2, 0) is 10.2 Å². The molecule has 8 heteroatoms. The number of fused-ring (bicyclic) bond motifs is 6. The minimum atomic E-state index is -1.37. The number of hydrogen-bond acceptors (Lipinski definition) is 5. The van der Waals surface area contributed by atoms with Gasteiger partial charge in [0.05, 0.1) is 23.5 Å². The molecule has 7 rings (SSSR count). The van der Waals surface area contributed by atoms with Gasteiger partial charge >= 0.3 is 0 Å². The van der Waals surface area contributed by atoms with E-state index in [4.69, 9.17) is 4.74 Å². The Balaban J connectivity index is 1.52. The van der Waals surface area contributed by atoms with Gasteiger partial charge in [-0.2, -0.15) is 0 Å². The summed E-state index contributed by atoms with van der Waals surface area (Å²) in [6.07, 6.45) is 3.83. The Kier molecular flexibility index (Phi) is 6.44. The van der Waals surface area contributed by atoms with Crippen molar-refractivity contribution in [2.75, 3.05) is 12.4 Å². The number of ether oxygens (including phenoxy) is 1. The monoisotopic (exact) mass is 682 g/mol. The molecule has 0 saturated carbocycles. The molecule has 1 N–H and O–H groups in total. The number of halogens is 2. The molecule has 0 bridgehead atoms. The zero-order valence-electron chi connectivity index (χ0n) is 22.4. The van der Waals surface area contributed by atoms with Crippen LogP contribution < -0.4 is 10.1 Å². The molecule has 0 aliphatic carbocycles. The Bertz CT molecular complexity index is 1820. The highest BCUT2D eigenvalue weighted by molar-refractivity contribution is 9.10. The molecule has 3 aliphatic heterocycles. The van der Waals surface area contributed by atoms with Gasteiger partial charge in [0.2, 0.25) is 5.91 Å². The van der Waals surface area contributed by atoms with Gasteiger partial charge < -0.3 is 15.0 Å². The number of Topliss-reactive ketones (excluding diaryl/α,β-unsaturated/α-hetero) is 2. The van der Waals surface area contributed by atoms with Crippen LogP contribution in [0.3, 0.4) is 0 Å². The van der Waals surface area contributed by atoms with Crippen molar-refractivity contribution in [3.8, 4) is 5.75 Å². The molecule has 208 valence electrons. The first kappa shape index (κ1) is 26.9. The molecule has 4 aromatic carbocycles. The van der Waals surface area contributed by atoms with Crippen molar-refractivity contribution in [1.82, 2.24) is 4.90 Å². The van der Waals surface area contributed by atoms with Gasteiger partial charge in [-0.15, -0.1) is 0 Å². The number of nitrogens with zero attached hydrogens (tertiary/aromatic N) is 1. The minimum absolute atomic E-state index is 0.253. The standard InChI is InChI=1S/C34H24Br2N2O4/c1-42-27-15-12-21(18-25(27)36)31(40)29-28(30(39)20-10-13-22(35)14-11-20)34(24-8-4-5-9-26(24)37-33(34)41)32-23-7-3-2-6-19(23)16-17-38(29)32/h2-18,28-29,32H,1H3,(H,37,41)/t28-,29+,32-,34+/m1/s1. The van der Waals surface area contributed by atoms with E-state index < -0.39 is 23.4 Å². The number of ketones is 2. The first-order chi connectivity index (χ1) is 20.4. The second-order valence-corrected chi connectivity index (χ2v) is 12.4. The predicted octanol–water partition coefficient (Wildman–Crippen LogP) is 7.20. The van der Waals surface area contributed by atoms with Crippen LogP contribution in [-0.4, -0.2) is 35.5 Å². The second kappa shape index (κ2) is 10.1. The maximum atomic E-state index is 14.8. The number of rotatable bonds is 5. The van der Waals surface area contributed by atoms with E-state index in [1.807, 2.05) is 65.7 Å². The van der Waals surface area contributed by atoms with Crippen molar-refractivity contribution in [3.63, 3.8) is 0 Å². The van der Waals surface area contributed by atoms with Crippen LogP contribution in [0.5, 0.6) is 5.75 Å². The molecule has 6 nitrogen and oxygen atoms in total. The molecule has 1 amide bonds. The molecule has 0 radical (unpaired) electrons. The number of amides is 1. The van der Waals surface area contributed by atoms with Crippen LogP contribution in [0.25, 0.3) is 6.08 Å². The maximum absolute atomic E-state index is 14.8. The normalized spacial score (nSPS) is 23.3. The molecular weight excluding hydrogens is 660 g/mol.